The van der Waals surface area contributed by atoms with Crippen LogP contribution < -0.4 is 0 Å². The molecule has 0 bridgehead atoms. The fourth-order valence-corrected chi connectivity index (χ4v) is 13.2. The number of aryl methyl sites for hydroxylation is 4. The molecule has 98 heavy (non-hydrogen) atoms. The molecule has 1 aliphatic rings. The monoisotopic (exact) mass is 1280 g/mol. The fraction of sp³-hybridized carbons (Fsp3) is 0.206. The van der Waals surface area contributed by atoms with E-state index >= 15 is 0 Å². The van der Waals surface area contributed by atoms with E-state index in [-0.39, 0.29) is 16.2 Å². The Bertz CT molecular complexity index is 4100. The third-order valence-electron chi connectivity index (χ3n) is 20.1. The maximum absolute atomic E-state index is 4.15. The quantitative estimate of drug-likeness (QED) is 0.106. The molecule has 1 aromatic heterocycles. The van der Waals surface area contributed by atoms with E-state index in [0.717, 1.165) is 5.92 Å². The molecule has 1 nitrogen and oxygen atoms in total. The van der Waals surface area contributed by atoms with Crippen LogP contribution in [0.25, 0.3) is 0 Å². The number of hydrogen-bond acceptors (Lipinski definition) is 1. The van der Waals surface area contributed by atoms with Crippen molar-refractivity contribution in [3.8, 4) is 0 Å². The van der Waals surface area contributed by atoms with Crippen LogP contribution in [0.3, 0.4) is 0 Å². The van der Waals surface area contributed by atoms with Crippen molar-refractivity contribution < 1.29 is 0 Å². The van der Waals surface area contributed by atoms with Gasteiger partial charge in [-0.15, -0.1) is 0 Å². The van der Waals surface area contributed by atoms with Crippen molar-refractivity contribution in [2.24, 2.45) is 5.92 Å². The Labute approximate surface area is 589 Å². The molecule has 1 heterocycles. The number of hydrogen-bond donors (Lipinski definition) is 0. The van der Waals surface area contributed by atoms with E-state index in [1.165, 1.54) is 107 Å². The molecule has 1 saturated carbocycles. The number of benzene rings is 12. The lowest BCUT2D eigenvalue weighted by atomic mass is 9.71. The summed E-state index contributed by atoms with van der Waals surface area (Å²) in [6.07, 6.45) is 6.44. The van der Waals surface area contributed by atoms with E-state index in [9.17, 15) is 0 Å². The Kier molecular flexibility index (Phi) is 26.2. The molecule has 0 aliphatic heterocycles. The molecule has 1 heteroatoms. The third-order valence-corrected chi connectivity index (χ3v) is 20.1. The Morgan fingerprint density at radius 2 is 0.520 bits per heavy atom. The third kappa shape index (κ3) is 19.5. The largest absolute Gasteiger partial charge is 0.265 e. The first kappa shape index (κ1) is 72.1. The van der Waals surface area contributed by atoms with Gasteiger partial charge in [0.25, 0.3) is 0 Å². The highest BCUT2D eigenvalue weighted by molar-refractivity contribution is 5.49. The Hall–Kier alpha value is -10.2. The summed E-state index contributed by atoms with van der Waals surface area (Å²) in [5, 5.41) is 0. The van der Waals surface area contributed by atoms with Crippen molar-refractivity contribution in [2.45, 2.75) is 123 Å². The molecule has 2 unspecified atom stereocenters. The van der Waals surface area contributed by atoms with Gasteiger partial charge in [-0.1, -0.05) is 398 Å². The molecule has 14 rings (SSSR count). The van der Waals surface area contributed by atoms with Crippen LogP contribution in [0.1, 0.15) is 174 Å². The zero-order valence-electron chi connectivity index (χ0n) is 59.8. The molecule has 0 saturated heterocycles. The van der Waals surface area contributed by atoms with Gasteiger partial charge in [-0.3, -0.25) is 4.98 Å². The van der Waals surface area contributed by atoms with Gasteiger partial charge in [-0.25, -0.2) is 0 Å². The summed E-state index contributed by atoms with van der Waals surface area (Å²) in [7, 11) is 0. The predicted molar refractivity (Wildman–Crippen MR) is 420 cm³/mol. The van der Waals surface area contributed by atoms with E-state index in [2.05, 4.69) is 433 Å². The van der Waals surface area contributed by atoms with E-state index in [0.29, 0.717) is 17.8 Å². The summed E-state index contributed by atoms with van der Waals surface area (Å²) in [5.41, 5.74) is 23.2. The first-order chi connectivity index (χ1) is 47.6. The molecule has 2 atom stereocenters. The van der Waals surface area contributed by atoms with Gasteiger partial charge in [0.15, 0.2) is 0 Å². The van der Waals surface area contributed by atoms with E-state index in [1.807, 2.05) is 12.4 Å². The van der Waals surface area contributed by atoms with Crippen LogP contribution in [-0.2, 0) is 16.2 Å². The van der Waals surface area contributed by atoms with Crippen LogP contribution in [0, 0.1) is 33.6 Å². The zero-order valence-corrected chi connectivity index (χ0v) is 59.8. The SMILES string of the molecule is CC(C)(c1ccccc1)c1ccccc1.CC(c1ccccc1)(c1ccccc1)C1CC1.CC(c1ccccc1)(c1ccccc1)c1ccncc1.Cc1ccc(C(C)c2ccc(C)cc2)cc1.Cc1ccc(C(C)c2ccccc2)cc1.Cc1ccccc1C(C)c1ccccc1. The van der Waals surface area contributed by atoms with Crippen LogP contribution in [0.5, 0.6) is 0 Å². The maximum atomic E-state index is 4.15. The lowest BCUT2D eigenvalue weighted by molar-refractivity contribution is 0.495. The second-order valence-electron chi connectivity index (χ2n) is 27.2. The average molecular weight is 1280 g/mol. The highest BCUT2D eigenvalue weighted by Crippen LogP contribution is 2.51. The van der Waals surface area contributed by atoms with Crippen molar-refractivity contribution >= 4 is 0 Å². The predicted octanol–water partition coefficient (Wildman–Crippen LogP) is 25.6. The van der Waals surface area contributed by atoms with Crippen LogP contribution in [0.2, 0.25) is 0 Å². The zero-order chi connectivity index (χ0) is 69.2. The normalized spacial score (nSPS) is 12.3. The Morgan fingerprint density at radius 3 is 0.837 bits per heavy atom. The van der Waals surface area contributed by atoms with Gasteiger partial charge in [0.05, 0.1) is 0 Å². The first-order valence-corrected chi connectivity index (χ1v) is 35.2. The minimum absolute atomic E-state index is 0.0858. The standard InChI is InChI=1S/C19H17N.C17H18.C16H18.3C15H16/c1-19(16-8-4-2-5-9-16,17-10-6-3-7-11-17)18-12-14-20-15-13-18;1-17(16-12-13-16,14-8-4-2-5-9-14)15-10-6-3-7-11-15;1-12-4-8-15(9-5-12)14(3)16-10-6-13(2)7-11-16;1-15(2,13-9-5-3-6-10-13)14-11-7-4-8-12-14;1-12-8-6-7-11-15(12)13(2)14-9-4-3-5-10-14;1-12-8-10-15(11-9-12)13(2)14-6-4-3-5-7-14/h2-15H,1H3;2-11,16H,12-13H2,1H3;4-11,14H,1-3H3;3-12H,1-2H3;2*3-11,13H,1-2H3. The van der Waals surface area contributed by atoms with Gasteiger partial charge < -0.3 is 0 Å². The van der Waals surface area contributed by atoms with Gasteiger partial charge in [0, 0.05) is 46.4 Å². The molecule has 0 amide bonds. The highest BCUT2D eigenvalue weighted by atomic mass is 14.6. The second-order valence-corrected chi connectivity index (χ2v) is 27.2. The summed E-state index contributed by atoms with van der Waals surface area (Å²) in [6, 6.07) is 125. The molecule has 13 aromatic rings. The molecule has 12 aromatic carbocycles. The van der Waals surface area contributed by atoms with Crippen LogP contribution in [0.4, 0.5) is 0 Å². The van der Waals surface area contributed by atoms with Crippen molar-refractivity contribution in [3.63, 3.8) is 0 Å². The van der Waals surface area contributed by atoms with Crippen molar-refractivity contribution in [1.82, 2.24) is 4.98 Å². The lowest BCUT2D eigenvalue weighted by Crippen LogP contribution is -2.26. The molecule has 0 radical (unpaired) electrons. The van der Waals surface area contributed by atoms with E-state index in [1.54, 1.807) is 0 Å². The van der Waals surface area contributed by atoms with Crippen LogP contribution in [-0.4, -0.2) is 4.98 Å². The van der Waals surface area contributed by atoms with Gasteiger partial charge >= 0.3 is 0 Å². The molecule has 1 aliphatic carbocycles. The number of nitrogens with zero attached hydrogens (tertiary/aromatic N) is 1. The van der Waals surface area contributed by atoms with Gasteiger partial charge in [0.2, 0.25) is 0 Å². The van der Waals surface area contributed by atoms with E-state index < -0.39 is 0 Å². The fourth-order valence-electron chi connectivity index (χ4n) is 13.2. The lowest BCUT2D eigenvalue weighted by Gasteiger charge is -2.31. The molecule has 0 N–H and O–H groups in total. The number of rotatable bonds is 14. The number of aromatic nitrogens is 1. The van der Waals surface area contributed by atoms with E-state index in [4.69, 9.17) is 0 Å². The Balaban J connectivity index is 0.000000138. The molecule has 0 spiro atoms. The van der Waals surface area contributed by atoms with Gasteiger partial charge in [-0.05, 0) is 143 Å². The second kappa shape index (κ2) is 35.7. The molecular formula is C97H101N. The van der Waals surface area contributed by atoms with Crippen molar-refractivity contribution in [2.75, 3.05) is 0 Å². The topological polar surface area (TPSA) is 12.9 Å². The van der Waals surface area contributed by atoms with Gasteiger partial charge in [-0.2, -0.15) is 0 Å². The summed E-state index contributed by atoms with van der Waals surface area (Å²) in [6.45, 7) is 24.5. The summed E-state index contributed by atoms with van der Waals surface area (Å²) >= 11 is 0. The minimum Gasteiger partial charge on any atom is -0.265 e. The Morgan fingerprint density at radius 1 is 0.265 bits per heavy atom. The van der Waals surface area contributed by atoms with Crippen molar-refractivity contribution in [1.29, 1.82) is 0 Å². The van der Waals surface area contributed by atoms with Gasteiger partial charge in [0.1, 0.15) is 0 Å². The summed E-state index contributed by atoms with van der Waals surface area (Å²) in [4.78, 5) is 4.15. The molecule has 494 valence electrons. The first-order valence-electron chi connectivity index (χ1n) is 35.2. The smallest absolute Gasteiger partial charge is 0.0424 e. The highest BCUT2D eigenvalue weighted by Gasteiger charge is 2.43. The maximum Gasteiger partial charge on any atom is 0.0424 e. The summed E-state index contributed by atoms with van der Waals surface area (Å²) in [5.74, 6) is 2.24. The molecular weight excluding hydrogens is 1180 g/mol. The summed E-state index contributed by atoms with van der Waals surface area (Å²) < 4.78 is 0. The molecule has 1 fully saturated rings. The number of pyridine rings is 1. The van der Waals surface area contributed by atoms with Crippen LogP contribution >= 0.6 is 0 Å². The average Bonchev–Trinajstić information content (AvgIpc) is 1.40. The minimum atomic E-state index is -0.161. The van der Waals surface area contributed by atoms with Crippen molar-refractivity contribution in [3.05, 3.63) is 459 Å². The van der Waals surface area contributed by atoms with Crippen LogP contribution in [0.15, 0.2) is 364 Å².